The van der Waals surface area contributed by atoms with Gasteiger partial charge in [0.15, 0.2) is 5.96 Å². The molecule has 6 nitrogen and oxygen atoms in total. The number of thiophene rings is 1. The third-order valence-corrected chi connectivity index (χ3v) is 6.79. The number of aliphatic imine (C=N–C) groups is 1. The third-order valence-electron chi connectivity index (χ3n) is 5.82. The zero-order chi connectivity index (χ0) is 19.2. The first-order valence-electron chi connectivity index (χ1n) is 10.1. The SMILES string of the molecule is CN=C(NCC(c1cccs1)N1CCC(C)CC1)N1CCN(C(C)=O)CC1.I. The van der Waals surface area contributed by atoms with Crippen LogP contribution in [0.2, 0.25) is 0 Å². The molecule has 2 saturated heterocycles. The van der Waals surface area contributed by atoms with Gasteiger partial charge in [0, 0.05) is 51.6 Å². The molecule has 28 heavy (non-hydrogen) atoms. The van der Waals surface area contributed by atoms with Crippen molar-refractivity contribution in [1.82, 2.24) is 20.0 Å². The normalized spacial score (nSPS) is 20.6. The first-order valence-corrected chi connectivity index (χ1v) is 10.9. The summed E-state index contributed by atoms with van der Waals surface area (Å²) in [5, 5.41) is 5.79. The average molecular weight is 519 g/mol. The maximum Gasteiger partial charge on any atom is 0.219 e. The molecule has 3 rings (SSSR count). The number of guanidine groups is 1. The maximum absolute atomic E-state index is 11.5. The van der Waals surface area contributed by atoms with Gasteiger partial charge in [-0.25, -0.2) is 0 Å². The van der Waals surface area contributed by atoms with Gasteiger partial charge in [-0.2, -0.15) is 0 Å². The van der Waals surface area contributed by atoms with Crippen molar-refractivity contribution in [2.75, 3.05) is 52.9 Å². The Bertz CT molecular complexity index is 623. The molecule has 2 fully saturated rings. The molecule has 1 amide bonds. The molecular formula is C20H34IN5OS. The van der Waals surface area contributed by atoms with Crippen molar-refractivity contribution in [1.29, 1.82) is 0 Å². The number of nitrogens with one attached hydrogen (secondary N) is 1. The van der Waals surface area contributed by atoms with Gasteiger partial charge in [0.2, 0.25) is 5.91 Å². The minimum Gasteiger partial charge on any atom is -0.354 e. The summed E-state index contributed by atoms with van der Waals surface area (Å²) < 4.78 is 0. The highest BCUT2D eigenvalue weighted by Gasteiger charge is 2.27. The number of rotatable bonds is 4. The molecule has 1 N–H and O–H groups in total. The number of amides is 1. The summed E-state index contributed by atoms with van der Waals surface area (Å²) in [6, 6.07) is 4.80. The Morgan fingerprint density at radius 1 is 1.21 bits per heavy atom. The summed E-state index contributed by atoms with van der Waals surface area (Å²) in [7, 11) is 1.85. The van der Waals surface area contributed by atoms with Crippen molar-refractivity contribution in [3.05, 3.63) is 22.4 Å². The number of hydrogen-bond acceptors (Lipinski definition) is 4. The van der Waals surface area contributed by atoms with E-state index in [2.05, 4.69) is 44.5 Å². The van der Waals surface area contributed by atoms with Gasteiger partial charge < -0.3 is 15.1 Å². The molecule has 0 radical (unpaired) electrons. The molecule has 0 bridgehead atoms. The van der Waals surface area contributed by atoms with Gasteiger partial charge in [-0.05, 0) is 43.3 Å². The van der Waals surface area contributed by atoms with Gasteiger partial charge in [0.25, 0.3) is 0 Å². The predicted octanol–water partition coefficient (Wildman–Crippen LogP) is 2.88. The summed E-state index contributed by atoms with van der Waals surface area (Å²) in [5.41, 5.74) is 0. The second-order valence-corrected chi connectivity index (χ2v) is 8.65. The van der Waals surface area contributed by atoms with Crippen LogP contribution in [0.1, 0.15) is 37.6 Å². The zero-order valence-corrected chi connectivity index (χ0v) is 20.4. The summed E-state index contributed by atoms with van der Waals surface area (Å²) in [5.74, 6) is 1.95. The molecule has 1 aromatic rings. The molecule has 1 aromatic heterocycles. The number of hydrogen-bond donors (Lipinski definition) is 1. The Kier molecular flexibility index (Phi) is 9.49. The second kappa shape index (κ2) is 11.3. The highest BCUT2D eigenvalue weighted by atomic mass is 127. The molecule has 3 heterocycles. The molecular weight excluding hydrogens is 485 g/mol. The summed E-state index contributed by atoms with van der Waals surface area (Å²) in [6.07, 6.45) is 2.56. The van der Waals surface area contributed by atoms with E-state index < -0.39 is 0 Å². The van der Waals surface area contributed by atoms with Gasteiger partial charge in [-0.15, -0.1) is 35.3 Å². The van der Waals surface area contributed by atoms with Crippen molar-refractivity contribution in [3.63, 3.8) is 0 Å². The van der Waals surface area contributed by atoms with Crippen LogP contribution in [-0.2, 0) is 4.79 Å². The summed E-state index contributed by atoms with van der Waals surface area (Å²) in [4.78, 5) is 24.3. The van der Waals surface area contributed by atoms with E-state index in [-0.39, 0.29) is 29.9 Å². The van der Waals surface area contributed by atoms with E-state index >= 15 is 0 Å². The number of piperazine rings is 1. The van der Waals surface area contributed by atoms with Crippen LogP contribution < -0.4 is 5.32 Å². The van der Waals surface area contributed by atoms with Crippen molar-refractivity contribution in [3.8, 4) is 0 Å². The largest absolute Gasteiger partial charge is 0.354 e. The first kappa shape index (κ1) is 23.4. The molecule has 1 atom stereocenters. The van der Waals surface area contributed by atoms with E-state index in [1.165, 1.54) is 30.8 Å². The molecule has 158 valence electrons. The van der Waals surface area contributed by atoms with E-state index in [1.807, 2.05) is 23.3 Å². The van der Waals surface area contributed by atoms with Gasteiger partial charge >= 0.3 is 0 Å². The Morgan fingerprint density at radius 2 is 1.86 bits per heavy atom. The first-order chi connectivity index (χ1) is 13.1. The van der Waals surface area contributed by atoms with Crippen LogP contribution in [0.5, 0.6) is 0 Å². The van der Waals surface area contributed by atoms with Gasteiger partial charge in [-0.1, -0.05) is 13.0 Å². The molecule has 2 aliphatic heterocycles. The molecule has 2 aliphatic rings. The molecule has 0 aliphatic carbocycles. The van der Waals surface area contributed by atoms with E-state index in [0.29, 0.717) is 6.04 Å². The van der Waals surface area contributed by atoms with Crippen LogP contribution in [-0.4, -0.2) is 79.4 Å². The minimum atomic E-state index is 0. The fourth-order valence-electron chi connectivity index (χ4n) is 3.98. The molecule has 0 spiro atoms. The van der Waals surface area contributed by atoms with Crippen LogP contribution in [0.3, 0.4) is 0 Å². The fraction of sp³-hybridized carbons (Fsp3) is 0.700. The monoisotopic (exact) mass is 519 g/mol. The topological polar surface area (TPSA) is 51.2 Å². The number of likely N-dealkylation sites (tertiary alicyclic amines) is 1. The standard InChI is InChI=1S/C20H33N5OS.HI/c1-16-6-8-24(9-7-16)18(19-5-4-14-27-19)15-22-20(21-3)25-12-10-23(11-13-25)17(2)26;/h4-5,14,16,18H,6-13,15H2,1-3H3,(H,21,22);1H. The Balaban J connectivity index is 0.00000280. The molecule has 1 unspecified atom stereocenters. The van der Waals surface area contributed by atoms with Crippen LogP contribution in [0.15, 0.2) is 22.5 Å². The van der Waals surface area contributed by atoms with Crippen LogP contribution in [0.4, 0.5) is 0 Å². The lowest BCUT2D eigenvalue weighted by atomic mass is 9.97. The van der Waals surface area contributed by atoms with Crippen LogP contribution in [0, 0.1) is 5.92 Å². The van der Waals surface area contributed by atoms with E-state index in [1.54, 1.807) is 6.92 Å². The lowest BCUT2D eigenvalue weighted by Crippen LogP contribution is -2.54. The Labute approximate surface area is 190 Å². The minimum absolute atomic E-state index is 0. The molecule has 0 saturated carbocycles. The molecule has 8 heteroatoms. The quantitative estimate of drug-likeness (QED) is 0.378. The van der Waals surface area contributed by atoms with Crippen LogP contribution >= 0.6 is 35.3 Å². The Morgan fingerprint density at radius 3 is 2.39 bits per heavy atom. The maximum atomic E-state index is 11.5. The van der Waals surface area contributed by atoms with Crippen molar-refractivity contribution in [2.24, 2.45) is 10.9 Å². The third kappa shape index (κ3) is 6.06. The number of carbonyl (C=O) groups excluding carboxylic acids is 1. The van der Waals surface area contributed by atoms with Gasteiger partial charge in [0.05, 0.1) is 6.04 Å². The summed E-state index contributed by atoms with van der Waals surface area (Å²) >= 11 is 1.84. The Hall–Kier alpha value is -0.870. The fourth-order valence-corrected chi connectivity index (χ4v) is 4.85. The second-order valence-electron chi connectivity index (χ2n) is 7.67. The predicted molar refractivity (Wildman–Crippen MR) is 128 cm³/mol. The zero-order valence-electron chi connectivity index (χ0n) is 17.3. The van der Waals surface area contributed by atoms with Crippen molar-refractivity contribution < 1.29 is 4.79 Å². The van der Waals surface area contributed by atoms with Gasteiger partial charge in [0.1, 0.15) is 0 Å². The van der Waals surface area contributed by atoms with Crippen LogP contribution in [0.25, 0.3) is 0 Å². The average Bonchev–Trinajstić information content (AvgIpc) is 3.21. The smallest absolute Gasteiger partial charge is 0.219 e. The highest BCUT2D eigenvalue weighted by Crippen LogP contribution is 2.29. The van der Waals surface area contributed by atoms with E-state index in [9.17, 15) is 4.79 Å². The number of piperidine rings is 1. The lowest BCUT2D eigenvalue weighted by Gasteiger charge is -2.39. The molecule has 0 aromatic carbocycles. The summed E-state index contributed by atoms with van der Waals surface area (Å²) in [6.45, 7) is 10.4. The van der Waals surface area contributed by atoms with Crippen molar-refractivity contribution >= 4 is 47.2 Å². The van der Waals surface area contributed by atoms with E-state index in [0.717, 1.165) is 44.6 Å². The number of nitrogens with zero attached hydrogens (tertiary/aromatic N) is 4. The number of carbonyl (C=O) groups is 1. The highest BCUT2D eigenvalue weighted by molar-refractivity contribution is 14.0. The van der Waals surface area contributed by atoms with Gasteiger partial charge in [-0.3, -0.25) is 14.7 Å². The van der Waals surface area contributed by atoms with Crippen molar-refractivity contribution in [2.45, 2.75) is 32.7 Å². The van der Waals surface area contributed by atoms with E-state index in [4.69, 9.17) is 0 Å². The lowest BCUT2D eigenvalue weighted by molar-refractivity contribution is -0.130. The number of halogens is 1.